The highest BCUT2D eigenvalue weighted by Crippen LogP contribution is 2.31. The Bertz CT molecular complexity index is 192. The summed E-state index contributed by atoms with van der Waals surface area (Å²) in [6.07, 6.45) is 10.7. The molecule has 3 unspecified atom stereocenters. The van der Waals surface area contributed by atoms with Crippen molar-refractivity contribution >= 4 is 11.8 Å². The van der Waals surface area contributed by atoms with Crippen molar-refractivity contribution in [3.05, 3.63) is 0 Å². The number of piperidine rings is 1. The van der Waals surface area contributed by atoms with Crippen LogP contribution in [0.5, 0.6) is 0 Å². The molecule has 0 bridgehead atoms. The van der Waals surface area contributed by atoms with Crippen LogP contribution in [0.25, 0.3) is 0 Å². The third kappa shape index (κ3) is 3.38. The zero-order chi connectivity index (χ0) is 11.2. The van der Waals surface area contributed by atoms with Gasteiger partial charge in [0.1, 0.15) is 0 Å². The molecule has 3 atom stereocenters. The molecule has 1 aliphatic carbocycles. The van der Waals surface area contributed by atoms with Gasteiger partial charge in [-0.15, -0.1) is 0 Å². The van der Waals surface area contributed by atoms with Gasteiger partial charge in [-0.3, -0.25) is 0 Å². The van der Waals surface area contributed by atoms with E-state index in [1.807, 2.05) is 11.8 Å². The molecule has 2 nitrogen and oxygen atoms in total. The molecular formula is C13H26N2S. The van der Waals surface area contributed by atoms with Gasteiger partial charge in [0, 0.05) is 24.4 Å². The van der Waals surface area contributed by atoms with E-state index in [0.717, 1.165) is 18.0 Å². The summed E-state index contributed by atoms with van der Waals surface area (Å²) in [7, 11) is 0. The van der Waals surface area contributed by atoms with Crippen LogP contribution >= 0.6 is 11.8 Å². The summed E-state index contributed by atoms with van der Waals surface area (Å²) >= 11 is 1.94. The van der Waals surface area contributed by atoms with Crippen LogP contribution in [0, 0.1) is 5.92 Å². The molecule has 0 aromatic rings. The van der Waals surface area contributed by atoms with Crippen LogP contribution in [-0.2, 0) is 0 Å². The summed E-state index contributed by atoms with van der Waals surface area (Å²) < 4.78 is 0. The topological polar surface area (TPSA) is 24.1 Å². The first-order chi connectivity index (χ1) is 7.92. The van der Waals surface area contributed by atoms with E-state index in [-0.39, 0.29) is 0 Å². The maximum atomic E-state index is 3.77. The Morgan fingerprint density at radius 2 is 2.12 bits per heavy atom. The van der Waals surface area contributed by atoms with Crippen molar-refractivity contribution in [3.8, 4) is 0 Å². The van der Waals surface area contributed by atoms with Crippen LogP contribution in [0.1, 0.15) is 38.5 Å². The molecule has 0 aromatic heterocycles. The zero-order valence-electron chi connectivity index (χ0n) is 10.5. The largest absolute Gasteiger partial charge is 0.314 e. The molecule has 0 amide bonds. The second-order valence-corrected chi connectivity index (χ2v) is 6.19. The maximum Gasteiger partial charge on any atom is 0.0110 e. The highest BCUT2D eigenvalue weighted by Gasteiger charge is 2.33. The molecule has 16 heavy (non-hydrogen) atoms. The van der Waals surface area contributed by atoms with Crippen molar-refractivity contribution in [2.24, 2.45) is 5.92 Å². The fourth-order valence-electron chi connectivity index (χ4n) is 3.31. The SMILES string of the molecule is CSCCNC1CCCC1C1CCCCN1. The van der Waals surface area contributed by atoms with Crippen LogP contribution in [0.4, 0.5) is 0 Å². The Labute approximate surface area is 104 Å². The predicted molar refractivity (Wildman–Crippen MR) is 73.2 cm³/mol. The van der Waals surface area contributed by atoms with Crippen molar-refractivity contribution in [1.29, 1.82) is 0 Å². The minimum Gasteiger partial charge on any atom is -0.314 e. The lowest BCUT2D eigenvalue weighted by molar-refractivity contribution is 0.259. The third-order valence-corrected chi connectivity index (χ3v) is 4.76. The lowest BCUT2D eigenvalue weighted by Gasteiger charge is -2.33. The molecule has 2 fully saturated rings. The van der Waals surface area contributed by atoms with Gasteiger partial charge in [-0.2, -0.15) is 11.8 Å². The van der Waals surface area contributed by atoms with Crippen molar-refractivity contribution in [3.63, 3.8) is 0 Å². The summed E-state index contributed by atoms with van der Waals surface area (Å²) in [4.78, 5) is 0. The molecule has 1 saturated carbocycles. The Balaban J connectivity index is 1.77. The monoisotopic (exact) mass is 242 g/mol. The lowest BCUT2D eigenvalue weighted by Crippen LogP contribution is -2.47. The van der Waals surface area contributed by atoms with E-state index < -0.39 is 0 Å². The standard InChI is InChI=1S/C13H26N2S/c1-16-10-9-15-13-7-4-5-11(13)12-6-2-3-8-14-12/h11-15H,2-10H2,1H3. The minimum absolute atomic E-state index is 0.794. The number of nitrogens with one attached hydrogen (secondary N) is 2. The average Bonchev–Trinajstić information content (AvgIpc) is 2.79. The molecule has 2 rings (SSSR count). The maximum absolute atomic E-state index is 3.77. The fourth-order valence-corrected chi connectivity index (χ4v) is 3.64. The number of hydrogen-bond donors (Lipinski definition) is 2. The second kappa shape index (κ2) is 6.87. The van der Waals surface area contributed by atoms with E-state index in [1.165, 1.54) is 57.4 Å². The van der Waals surface area contributed by atoms with Crippen molar-refractivity contribution in [2.45, 2.75) is 50.6 Å². The molecule has 2 aliphatic rings. The van der Waals surface area contributed by atoms with Crippen LogP contribution in [0.3, 0.4) is 0 Å². The Morgan fingerprint density at radius 3 is 2.88 bits per heavy atom. The van der Waals surface area contributed by atoms with Crippen molar-refractivity contribution in [1.82, 2.24) is 10.6 Å². The molecule has 1 saturated heterocycles. The average molecular weight is 242 g/mol. The van der Waals surface area contributed by atoms with Crippen molar-refractivity contribution in [2.75, 3.05) is 25.1 Å². The molecule has 94 valence electrons. The van der Waals surface area contributed by atoms with Crippen LogP contribution in [-0.4, -0.2) is 37.2 Å². The van der Waals surface area contributed by atoms with Gasteiger partial charge in [0.25, 0.3) is 0 Å². The van der Waals surface area contributed by atoms with Gasteiger partial charge in [-0.05, 0) is 44.4 Å². The summed E-state index contributed by atoms with van der Waals surface area (Å²) in [6, 6.07) is 1.60. The lowest BCUT2D eigenvalue weighted by atomic mass is 9.88. The number of thioether (sulfide) groups is 1. The summed E-state index contributed by atoms with van der Waals surface area (Å²) in [5, 5.41) is 7.51. The van der Waals surface area contributed by atoms with E-state index in [0.29, 0.717) is 0 Å². The molecular weight excluding hydrogens is 216 g/mol. The quantitative estimate of drug-likeness (QED) is 0.723. The van der Waals surface area contributed by atoms with Gasteiger partial charge in [0.2, 0.25) is 0 Å². The fraction of sp³-hybridized carbons (Fsp3) is 1.00. The Morgan fingerprint density at radius 1 is 1.19 bits per heavy atom. The number of hydrogen-bond acceptors (Lipinski definition) is 3. The molecule has 3 heteroatoms. The Kier molecular flexibility index (Phi) is 5.46. The molecule has 0 spiro atoms. The van der Waals surface area contributed by atoms with Crippen molar-refractivity contribution < 1.29 is 0 Å². The summed E-state index contributed by atoms with van der Waals surface area (Å²) in [5.41, 5.74) is 0. The van der Waals surface area contributed by atoms with Gasteiger partial charge in [-0.1, -0.05) is 12.8 Å². The smallest absolute Gasteiger partial charge is 0.0110 e. The highest BCUT2D eigenvalue weighted by molar-refractivity contribution is 7.98. The van der Waals surface area contributed by atoms with Gasteiger partial charge in [0.15, 0.2) is 0 Å². The molecule has 0 radical (unpaired) electrons. The zero-order valence-corrected chi connectivity index (χ0v) is 11.3. The van der Waals surface area contributed by atoms with Gasteiger partial charge < -0.3 is 10.6 Å². The summed E-state index contributed by atoms with van der Waals surface area (Å²) in [5.74, 6) is 2.16. The van der Waals surface area contributed by atoms with Gasteiger partial charge in [0.05, 0.1) is 0 Å². The van der Waals surface area contributed by atoms with Crippen LogP contribution < -0.4 is 10.6 Å². The first kappa shape index (κ1) is 12.7. The van der Waals surface area contributed by atoms with Crippen LogP contribution in [0.15, 0.2) is 0 Å². The highest BCUT2D eigenvalue weighted by atomic mass is 32.2. The van der Waals surface area contributed by atoms with E-state index in [2.05, 4.69) is 16.9 Å². The second-order valence-electron chi connectivity index (χ2n) is 5.20. The Hall–Kier alpha value is 0.270. The molecule has 0 aromatic carbocycles. The van der Waals surface area contributed by atoms with E-state index in [1.54, 1.807) is 0 Å². The number of rotatable bonds is 5. The van der Waals surface area contributed by atoms with Gasteiger partial charge in [-0.25, -0.2) is 0 Å². The first-order valence-electron chi connectivity index (χ1n) is 6.87. The first-order valence-corrected chi connectivity index (χ1v) is 8.27. The molecule has 1 heterocycles. The third-order valence-electron chi connectivity index (χ3n) is 4.15. The summed E-state index contributed by atoms with van der Waals surface area (Å²) in [6.45, 7) is 2.44. The normalized spacial score (nSPS) is 35.4. The predicted octanol–water partition coefficient (Wildman–Crippen LogP) is 2.25. The molecule has 1 aliphatic heterocycles. The van der Waals surface area contributed by atoms with E-state index in [4.69, 9.17) is 0 Å². The van der Waals surface area contributed by atoms with Crippen LogP contribution in [0.2, 0.25) is 0 Å². The molecule has 2 N–H and O–H groups in total. The van der Waals surface area contributed by atoms with E-state index in [9.17, 15) is 0 Å². The minimum atomic E-state index is 0.794. The van der Waals surface area contributed by atoms with Gasteiger partial charge >= 0.3 is 0 Å². The van der Waals surface area contributed by atoms with E-state index >= 15 is 0 Å².